The number of rotatable bonds is 5. The quantitative estimate of drug-likeness (QED) is 0.578. The molecule has 2 rings (SSSR count). The van der Waals surface area contributed by atoms with Gasteiger partial charge in [-0.2, -0.15) is 0 Å². The van der Waals surface area contributed by atoms with E-state index in [0.29, 0.717) is 16.6 Å². The number of nitrogens with zero attached hydrogens (tertiary/aromatic N) is 1. The third-order valence-electron chi connectivity index (χ3n) is 4.99. The molecule has 8 nitrogen and oxygen atoms in total. The predicted molar refractivity (Wildman–Crippen MR) is 114 cm³/mol. The minimum atomic E-state index is -0.726. The average molecular weight is 418 g/mol. The standard InChI is InChI=1S/C21H31BN2O6/c1-19(2,3)28-18(26)24-13-15(22-29-20(4,5)21(6,7)30-22)11-14-12-23-10-9-16(14)17(25)27-8/h9-12H,13H2,1-8H3,(H,24,26). The minimum Gasteiger partial charge on any atom is -0.465 e. The smallest absolute Gasteiger partial charge is 0.465 e. The first-order valence-electron chi connectivity index (χ1n) is 9.81. The van der Waals surface area contributed by atoms with Gasteiger partial charge in [0.05, 0.1) is 23.9 Å². The summed E-state index contributed by atoms with van der Waals surface area (Å²) in [7, 11) is 0.589. The monoisotopic (exact) mass is 418 g/mol. The van der Waals surface area contributed by atoms with Crippen molar-refractivity contribution in [3.63, 3.8) is 0 Å². The van der Waals surface area contributed by atoms with Crippen molar-refractivity contribution in [2.24, 2.45) is 0 Å². The van der Waals surface area contributed by atoms with Gasteiger partial charge in [0.25, 0.3) is 0 Å². The summed E-state index contributed by atoms with van der Waals surface area (Å²) in [6.07, 6.45) is 4.21. The van der Waals surface area contributed by atoms with E-state index in [4.69, 9.17) is 18.8 Å². The summed E-state index contributed by atoms with van der Waals surface area (Å²) in [6.45, 7) is 13.2. The summed E-state index contributed by atoms with van der Waals surface area (Å²) in [6, 6.07) is 1.57. The van der Waals surface area contributed by atoms with E-state index in [1.165, 1.54) is 13.3 Å². The van der Waals surface area contributed by atoms with Crippen LogP contribution in [0.3, 0.4) is 0 Å². The summed E-state index contributed by atoms with van der Waals surface area (Å²) in [5.41, 5.74) is -0.276. The number of pyridine rings is 1. The number of alkyl carbamates (subject to hydrolysis) is 1. The van der Waals surface area contributed by atoms with Crippen molar-refractivity contribution < 1.29 is 28.4 Å². The Kier molecular flexibility index (Phi) is 6.99. The molecule has 0 saturated carbocycles. The molecule has 9 heteroatoms. The van der Waals surface area contributed by atoms with Crippen molar-refractivity contribution in [2.45, 2.75) is 65.3 Å². The molecule has 0 atom stereocenters. The lowest BCUT2D eigenvalue weighted by Crippen LogP contribution is -2.41. The first-order chi connectivity index (χ1) is 13.8. The lowest BCUT2D eigenvalue weighted by atomic mass is 9.76. The normalized spacial score (nSPS) is 18.1. The Morgan fingerprint density at radius 1 is 1.20 bits per heavy atom. The van der Waals surface area contributed by atoms with Crippen molar-refractivity contribution >= 4 is 25.3 Å². The molecule has 30 heavy (non-hydrogen) atoms. The number of esters is 1. The molecule has 1 aliphatic heterocycles. The van der Waals surface area contributed by atoms with E-state index in [1.54, 1.807) is 39.1 Å². The minimum absolute atomic E-state index is 0.0985. The van der Waals surface area contributed by atoms with Crippen LogP contribution in [-0.4, -0.2) is 54.6 Å². The molecule has 1 fully saturated rings. The van der Waals surface area contributed by atoms with Crippen LogP contribution in [0.1, 0.15) is 64.4 Å². The molecule has 0 aliphatic carbocycles. The average Bonchev–Trinajstić information content (AvgIpc) is 2.84. The van der Waals surface area contributed by atoms with Crippen LogP contribution >= 0.6 is 0 Å². The molecule has 0 bridgehead atoms. The molecule has 164 valence electrons. The second kappa shape index (κ2) is 8.77. The highest BCUT2D eigenvalue weighted by Crippen LogP contribution is 2.38. The van der Waals surface area contributed by atoms with Gasteiger partial charge in [0.15, 0.2) is 0 Å². The number of hydrogen-bond donors (Lipinski definition) is 1. The molecule has 1 N–H and O–H groups in total. The summed E-state index contributed by atoms with van der Waals surface area (Å²) in [5, 5.41) is 2.73. The number of carbonyl (C=O) groups excluding carboxylic acids is 2. The number of nitrogens with one attached hydrogen (secondary N) is 1. The van der Waals surface area contributed by atoms with E-state index in [1.807, 2.05) is 27.7 Å². The Morgan fingerprint density at radius 2 is 1.80 bits per heavy atom. The number of amides is 1. The van der Waals surface area contributed by atoms with Crippen LogP contribution in [0.4, 0.5) is 4.79 Å². The highest BCUT2D eigenvalue weighted by Gasteiger charge is 2.52. The molecule has 1 aromatic heterocycles. The fourth-order valence-electron chi connectivity index (χ4n) is 2.70. The van der Waals surface area contributed by atoms with Crippen LogP contribution in [-0.2, 0) is 18.8 Å². The van der Waals surface area contributed by atoms with Crippen LogP contribution in [0.15, 0.2) is 23.9 Å². The van der Waals surface area contributed by atoms with Crippen molar-refractivity contribution in [3.05, 3.63) is 35.1 Å². The Hall–Kier alpha value is -2.39. The van der Waals surface area contributed by atoms with Gasteiger partial charge in [0, 0.05) is 24.5 Å². The molecule has 1 saturated heterocycles. The maximum atomic E-state index is 12.2. The van der Waals surface area contributed by atoms with Gasteiger partial charge in [-0.15, -0.1) is 0 Å². The molecular weight excluding hydrogens is 387 g/mol. The van der Waals surface area contributed by atoms with Crippen LogP contribution < -0.4 is 5.32 Å². The second-order valence-corrected chi connectivity index (χ2v) is 9.12. The molecule has 0 spiro atoms. The van der Waals surface area contributed by atoms with Gasteiger partial charge in [-0.05, 0) is 60.0 Å². The molecule has 1 aromatic rings. The Bertz CT molecular complexity index is 813. The van der Waals surface area contributed by atoms with Gasteiger partial charge < -0.3 is 24.1 Å². The Morgan fingerprint density at radius 3 is 2.33 bits per heavy atom. The fraction of sp³-hybridized carbons (Fsp3) is 0.571. The fourth-order valence-corrected chi connectivity index (χ4v) is 2.70. The molecular formula is C21H31BN2O6. The van der Waals surface area contributed by atoms with Crippen LogP contribution in [0, 0.1) is 0 Å². The zero-order valence-corrected chi connectivity index (χ0v) is 19.0. The number of aromatic nitrogens is 1. The zero-order chi connectivity index (χ0) is 22.7. The predicted octanol–water partition coefficient (Wildman–Crippen LogP) is 3.41. The molecule has 0 radical (unpaired) electrons. The highest BCUT2D eigenvalue weighted by atomic mass is 16.7. The molecule has 0 aromatic carbocycles. The third kappa shape index (κ3) is 5.83. The maximum absolute atomic E-state index is 12.2. The molecule has 1 aliphatic rings. The van der Waals surface area contributed by atoms with Crippen molar-refractivity contribution in [1.29, 1.82) is 0 Å². The lowest BCUT2D eigenvalue weighted by molar-refractivity contribution is 0.00578. The summed E-state index contributed by atoms with van der Waals surface area (Å²) in [4.78, 5) is 28.4. The first-order valence-corrected chi connectivity index (χ1v) is 9.81. The number of hydrogen-bond acceptors (Lipinski definition) is 7. The lowest BCUT2D eigenvalue weighted by Gasteiger charge is -2.32. The summed E-state index contributed by atoms with van der Waals surface area (Å²) >= 11 is 0. The largest absolute Gasteiger partial charge is 0.492 e. The second-order valence-electron chi connectivity index (χ2n) is 9.12. The SMILES string of the molecule is COC(=O)c1ccncc1C=C(CNC(=O)OC(C)(C)C)B1OC(C)(C)C(C)(C)O1. The Labute approximate surface area is 178 Å². The van der Waals surface area contributed by atoms with E-state index in [-0.39, 0.29) is 6.54 Å². The number of carbonyl (C=O) groups is 2. The third-order valence-corrected chi connectivity index (χ3v) is 4.99. The molecule has 0 unspecified atom stereocenters. The maximum Gasteiger partial charge on any atom is 0.492 e. The van der Waals surface area contributed by atoms with Gasteiger partial charge in [-0.3, -0.25) is 4.98 Å². The van der Waals surface area contributed by atoms with E-state index < -0.39 is 36.0 Å². The van der Waals surface area contributed by atoms with Gasteiger partial charge in [0.2, 0.25) is 0 Å². The first kappa shape index (κ1) is 23.9. The van der Waals surface area contributed by atoms with E-state index in [2.05, 4.69) is 10.3 Å². The number of ether oxygens (including phenoxy) is 2. The van der Waals surface area contributed by atoms with Crippen LogP contribution in [0.25, 0.3) is 6.08 Å². The van der Waals surface area contributed by atoms with Gasteiger partial charge in [0.1, 0.15) is 5.60 Å². The zero-order valence-electron chi connectivity index (χ0n) is 19.0. The van der Waals surface area contributed by atoms with E-state index >= 15 is 0 Å². The number of methoxy groups -OCH3 is 1. The summed E-state index contributed by atoms with van der Waals surface area (Å²) < 4.78 is 22.5. The van der Waals surface area contributed by atoms with Crippen LogP contribution in [0.2, 0.25) is 0 Å². The molecule has 1 amide bonds. The van der Waals surface area contributed by atoms with Crippen molar-refractivity contribution in [3.8, 4) is 0 Å². The Balaban J connectivity index is 2.37. The van der Waals surface area contributed by atoms with Crippen molar-refractivity contribution in [2.75, 3.05) is 13.7 Å². The van der Waals surface area contributed by atoms with Crippen LogP contribution in [0.5, 0.6) is 0 Å². The highest BCUT2D eigenvalue weighted by molar-refractivity contribution is 6.56. The van der Waals surface area contributed by atoms with Gasteiger partial charge in [-0.25, -0.2) is 9.59 Å². The van der Waals surface area contributed by atoms with Gasteiger partial charge >= 0.3 is 19.2 Å². The van der Waals surface area contributed by atoms with E-state index in [0.717, 1.165) is 0 Å². The van der Waals surface area contributed by atoms with Gasteiger partial charge in [-0.1, -0.05) is 6.08 Å². The topological polar surface area (TPSA) is 96.0 Å². The van der Waals surface area contributed by atoms with Crippen molar-refractivity contribution in [1.82, 2.24) is 10.3 Å². The molecule has 2 heterocycles. The van der Waals surface area contributed by atoms with E-state index in [9.17, 15) is 9.59 Å². The summed E-state index contributed by atoms with van der Waals surface area (Å²) in [5.74, 6) is -0.489.